The molecule has 0 spiro atoms. The first-order valence-electron chi connectivity index (χ1n) is 14.5. The number of benzene rings is 4. The van der Waals surface area contributed by atoms with Gasteiger partial charge in [0.2, 0.25) is 5.91 Å². The number of carbonyl (C=O) groups is 1. The van der Waals surface area contributed by atoms with E-state index in [2.05, 4.69) is 81.3 Å². The molecule has 7 heteroatoms. The van der Waals surface area contributed by atoms with Crippen LogP contribution in [0.2, 0.25) is 0 Å². The van der Waals surface area contributed by atoms with Crippen LogP contribution in [0.1, 0.15) is 66.4 Å². The van der Waals surface area contributed by atoms with E-state index in [4.69, 9.17) is 0 Å². The zero-order chi connectivity index (χ0) is 28.4. The van der Waals surface area contributed by atoms with Gasteiger partial charge in [-0.05, 0) is 71.8 Å². The molecule has 0 saturated carbocycles. The summed E-state index contributed by atoms with van der Waals surface area (Å²) >= 11 is 0. The Balaban J connectivity index is 0.000000282. The molecule has 1 saturated heterocycles. The second-order valence-electron chi connectivity index (χ2n) is 10.8. The predicted octanol–water partition coefficient (Wildman–Crippen LogP) is 6.81. The quantitative estimate of drug-likeness (QED) is 0.266. The van der Waals surface area contributed by atoms with E-state index in [9.17, 15) is 13.2 Å². The molecule has 4 aromatic rings. The van der Waals surface area contributed by atoms with Crippen molar-refractivity contribution < 1.29 is 13.2 Å². The Morgan fingerprint density at radius 2 is 1.49 bits per heavy atom. The van der Waals surface area contributed by atoms with Gasteiger partial charge in [-0.15, -0.1) is 0 Å². The van der Waals surface area contributed by atoms with Gasteiger partial charge in [0.05, 0.1) is 12.5 Å². The number of nitrogens with zero attached hydrogens (tertiary/aromatic N) is 2. The van der Waals surface area contributed by atoms with E-state index in [0.29, 0.717) is 0 Å². The minimum atomic E-state index is -2.57. The number of nitrogens with one attached hydrogen (secondary N) is 1. The normalized spacial score (nSPS) is 17.1. The lowest BCUT2D eigenvalue weighted by Crippen LogP contribution is -2.29. The van der Waals surface area contributed by atoms with Crippen LogP contribution in [0.3, 0.4) is 0 Å². The average Bonchev–Trinajstić information content (AvgIpc) is 3.39. The lowest BCUT2D eigenvalue weighted by molar-refractivity contribution is -0.122. The maximum Gasteiger partial charge on any atom is 0.311 e. The third kappa shape index (κ3) is 8.12. The van der Waals surface area contributed by atoms with Crippen LogP contribution >= 0.6 is 0 Å². The van der Waals surface area contributed by atoms with Crippen LogP contribution in [-0.4, -0.2) is 32.3 Å². The van der Waals surface area contributed by atoms with E-state index in [1.807, 2.05) is 18.2 Å². The van der Waals surface area contributed by atoms with Gasteiger partial charge < -0.3 is 5.32 Å². The smallest absolute Gasteiger partial charge is 0.311 e. The molecule has 1 fully saturated rings. The largest absolute Gasteiger partial charge is 0.349 e. The molecule has 0 bridgehead atoms. The fourth-order valence-corrected chi connectivity index (χ4v) is 6.26. The predicted molar refractivity (Wildman–Crippen MR) is 164 cm³/mol. The van der Waals surface area contributed by atoms with Crippen molar-refractivity contribution in [2.24, 2.45) is 4.36 Å². The molecule has 2 unspecified atom stereocenters. The van der Waals surface area contributed by atoms with Crippen LogP contribution in [0.5, 0.6) is 0 Å². The third-order valence-corrected chi connectivity index (χ3v) is 8.34. The molecule has 41 heavy (non-hydrogen) atoms. The highest BCUT2D eigenvalue weighted by Crippen LogP contribution is 2.33. The van der Waals surface area contributed by atoms with Crippen molar-refractivity contribution in [1.29, 1.82) is 0 Å². The third-order valence-electron chi connectivity index (χ3n) is 7.91. The van der Waals surface area contributed by atoms with Crippen molar-refractivity contribution in [3.63, 3.8) is 0 Å². The van der Waals surface area contributed by atoms with Gasteiger partial charge >= 0.3 is 10.5 Å². The highest BCUT2D eigenvalue weighted by atomic mass is 32.2. The van der Waals surface area contributed by atoms with Gasteiger partial charge in [-0.2, -0.15) is 12.8 Å². The summed E-state index contributed by atoms with van der Waals surface area (Å²) < 4.78 is 26.0. The summed E-state index contributed by atoms with van der Waals surface area (Å²) in [6, 6.07) is 31.7. The maximum absolute atomic E-state index is 12.7. The van der Waals surface area contributed by atoms with Gasteiger partial charge in [-0.1, -0.05) is 103 Å². The zero-order valence-electron chi connectivity index (χ0n) is 23.3. The number of carbonyl (C=O) groups excluding carboxylic acids is 1. The first-order chi connectivity index (χ1) is 20.0. The van der Waals surface area contributed by atoms with Crippen molar-refractivity contribution in [2.45, 2.75) is 57.2 Å². The fourth-order valence-electron chi connectivity index (χ4n) is 5.85. The van der Waals surface area contributed by atoms with E-state index in [1.165, 1.54) is 59.8 Å². The molecule has 1 aliphatic carbocycles. The van der Waals surface area contributed by atoms with Crippen LogP contribution in [0.4, 0.5) is 0 Å². The van der Waals surface area contributed by atoms with Gasteiger partial charge in [0.1, 0.15) is 6.04 Å². The molecule has 212 valence electrons. The second-order valence-corrected chi connectivity index (χ2v) is 11.5. The maximum atomic E-state index is 12.7. The number of amides is 1. The van der Waals surface area contributed by atoms with Crippen LogP contribution in [0, 0.1) is 0 Å². The summed E-state index contributed by atoms with van der Waals surface area (Å²) in [6.07, 6.45) is 5.74. The molecule has 1 aliphatic heterocycles. The summed E-state index contributed by atoms with van der Waals surface area (Å²) in [5.41, 5.74) is 4.55. The summed E-state index contributed by atoms with van der Waals surface area (Å²) in [4.78, 5) is 15.2. The van der Waals surface area contributed by atoms with Crippen LogP contribution in [0.15, 0.2) is 101 Å². The molecular formula is C34H37N3O3S. The van der Waals surface area contributed by atoms with Gasteiger partial charge in [-0.3, -0.25) is 9.69 Å². The molecule has 6 rings (SSSR count). The molecule has 2 atom stereocenters. The van der Waals surface area contributed by atoms with E-state index in [-0.39, 0.29) is 18.4 Å². The molecule has 1 amide bonds. The van der Waals surface area contributed by atoms with E-state index in [0.717, 1.165) is 24.9 Å². The lowest BCUT2D eigenvalue weighted by atomic mass is 10.0. The molecule has 6 nitrogen and oxygen atoms in total. The Kier molecular flexibility index (Phi) is 9.94. The second kappa shape index (κ2) is 14.2. The highest BCUT2D eigenvalue weighted by molar-refractivity contribution is 7.61. The van der Waals surface area contributed by atoms with Gasteiger partial charge in [0.15, 0.2) is 0 Å². The first-order valence-corrected chi connectivity index (χ1v) is 15.5. The molecule has 1 heterocycles. The topological polar surface area (TPSA) is 78.8 Å². The zero-order valence-corrected chi connectivity index (χ0v) is 24.1. The molecule has 4 aromatic carbocycles. The van der Waals surface area contributed by atoms with Crippen molar-refractivity contribution in [3.05, 3.63) is 119 Å². The van der Waals surface area contributed by atoms with E-state index in [1.54, 1.807) is 12.1 Å². The Bertz CT molecular complexity index is 1520. The molecule has 0 aromatic heterocycles. The molecule has 0 radical (unpaired) electrons. The Morgan fingerprint density at radius 3 is 2.12 bits per heavy atom. The number of hydrogen-bond donors (Lipinski definition) is 1. The summed E-state index contributed by atoms with van der Waals surface area (Å²) in [5, 5.41) is 5.72. The van der Waals surface area contributed by atoms with Crippen molar-refractivity contribution in [3.8, 4) is 0 Å². The Hall–Kier alpha value is -3.81. The standard InChI is InChI=1S/C24H29N3O3S.C10H8/c28-24(16-23(26-31(29)30)19-7-3-1-4-8-19)25-22-12-10-20-15-18(9-11-21(20)22)17-27-13-5-2-6-14-27;1-2-6-10-8-4-3-7-9(10)5-1/h1,3-4,7-9,11,15,22-23H,2,5-6,10,12-14,16-17H2,(H,25,28);1-8H. The SMILES string of the molecule is O=C(CC(N=S(=O)=O)c1ccccc1)NC1CCc2cc(CN3CCCCC3)ccc21.c1ccc2ccccc2c1. The summed E-state index contributed by atoms with van der Waals surface area (Å²) in [7, 11) is -2.57. The minimum absolute atomic E-state index is 0.0108. The summed E-state index contributed by atoms with van der Waals surface area (Å²) in [6.45, 7) is 3.35. The van der Waals surface area contributed by atoms with E-state index < -0.39 is 16.5 Å². The van der Waals surface area contributed by atoms with Gasteiger partial charge in [0.25, 0.3) is 0 Å². The highest BCUT2D eigenvalue weighted by Gasteiger charge is 2.26. The monoisotopic (exact) mass is 567 g/mol. The number of hydrogen-bond acceptors (Lipinski definition) is 5. The van der Waals surface area contributed by atoms with E-state index >= 15 is 0 Å². The Labute approximate surface area is 244 Å². The first kappa shape index (κ1) is 28.7. The fraction of sp³-hybridized carbons (Fsp3) is 0.324. The minimum Gasteiger partial charge on any atom is -0.349 e. The number of piperidine rings is 1. The Morgan fingerprint density at radius 1 is 0.854 bits per heavy atom. The van der Waals surface area contributed by atoms with Crippen molar-refractivity contribution in [2.75, 3.05) is 13.1 Å². The number of rotatable bonds is 7. The molecular weight excluding hydrogens is 530 g/mol. The van der Waals surface area contributed by atoms with Crippen molar-refractivity contribution >= 4 is 27.2 Å². The average molecular weight is 568 g/mol. The molecule has 1 N–H and O–H groups in total. The van der Waals surface area contributed by atoms with Gasteiger partial charge in [0, 0.05) is 6.54 Å². The number of aryl methyl sites for hydroxylation is 1. The van der Waals surface area contributed by atoms with Crippen molar-refractivity contribution in [1.82, 2.24) is 10.2 Å². The number of fused-ring (bicyclic) bond motifs is 2. The van der Waals surface area contributed by atoms with Gasteiger partial charge in [-0.25, -0.2) is 0 Å². The van der Waals surface area contributed by atoms with Crippen LogP contribution in [-0.2, 0) is 28.3 Å². The summed E-state index contributed by atoms with van der Waals surface area (Å²) in [5.74, 6) is -0.182. The molecule has 2 aliphatic rings. The van der Waals surface area contributed by atoms with Crippen LogP contribution < -0.4 is 5.32 Å². The van der Waals surface area contributed by atoms with Crippen LogP contribution in [0.25, 0.3) is 10.8 Å². The lowest BCUT2D eigenvalue weighted by Gasteiger charge is -2.26. The number of likely N-dealkylation sites (tertiary alicyclic amines) is 1.